The summed E-state index contributed by atoms with van der Waals surface area (Å²) in [5.41, 5.74) is -1.53. The standard InChI is InChI=1S/C19H13F3N4O2S/c1-24-10-12(9-23-24)17-11-25(18-7-4-14(26(27)28)8-16(17)18)13-2-5-15(6-3-13)29-19(20,21)22/h2-11H,1H3. The number of rotatable bonds is 4. The van der Waals surface area contributed by atoms with Crippen molar-refractivity contribution in [3.05, 3.63) is 71.2 Å². The largest absolute Gasteiger partial charge is 0.446 e. The molecular weight excluding hydrogens is 405 g/mol. The van der Waals surface area contributed by atoms with E-state index in [2.05, 4.69) is 5.10 Å². The molecule has 0 saturated heterocycles. The Kier molecular flexibility index (Phi) is 4.58. The number of nitro groups is 1. The molecule has 0 N–H and O–H groups in total. The molecular formula is C19H13F3N4O2S. The van der Waals surface area contributed by atoms with Gasteiger partial charge in [0.05, 0.1) is 16.6 Å². The molecule has 0 radical (unpaired) electrons. The van der Waals surface area contributed by atoms with Crippen molar-refractivity contribution in [2.24, 2.45) is 7.05 Å². The zero-order chi connectivity index (χ0) is 20.8. The molecule has 148 valence electrons. The topological polar surface area (TPSA) is 65.9 Å². The summed E-state index contributed by atoms with van der Waals surface area (Å²) in [4.78, 5) is 10.8. The van der Waals surface area contributed by atoms with Gasteiger partial charge in [0.2, 0.25) is 0 Å². The van der Waals surface area contributed by atoms with Gasteiger partial charge < -0.3 is 4.57 Å². The Morgan fingerprint density at radius 2 is 1.83 bits per heavy atom. The first-order valence-corrected chi connectivity index (χ1v) is 9.17. The van der Waals surface area contributed by atoms with Gasteiger partial charge in [-0.25, -0.2) is 0 Å². The van der Waals surface area contributed by atoms with Gasteiger partial charge in [-0.1, -0.05) is 0 Å². The molecule has 2 heterocycles. The lowest BCUT2D eigenvalue weighted by atomic mass is 10.1. The molecule has 0 bridgehead atoms. The number of aryl methyl sites for hydroxylation is 1. The molecule has 0 atom stereocenters. The molecule has 29 heavy (non-hydrogen) atoms. The number of fused-ring (bicyclic) bond motifs is 1. The van der Waals surface area contributed by atoms with E-state index in [-0.39, 0.29) is 22.3 Å². The molecule has 0 aliphatic rings. The molecule has 0 amide bonds. The lowest BCUT2D eigenvalue weighted by molar-refractivity contribution is -0.384. The van der Waals surface area contributed by atoms with E-state index in [0.29, 0.717) is 16.6 Å². The first kappa shape index (κ1) is 19.1. The lowest BCUT2D eigenvalue weighted by Gasteiger charge is -2.08. The molecule has 0 spiro atoms. The minimum absolute atomic E-state index is 0.0442. The number of halogens is 3. The van der Waals surface area contributed by atoms with E-state index in [9.17, 15) is 23.3 Å². The van der Waals surface area contributed by atoms with Gasteiger partial charge in [-0.15, -0.1) is 0 Å². The van der Waals surface area contributed by atoms with Crippen LogP contribution in [0.2, 0.25) is 0 Å². The van der Waals surface area contributed by atoms with Gasteiger partial charge in [-0.2, -0.15) is 18.3 Å². The maximum atomic E-state index is 12.6. The first-order chi connectivity index (χ1) is 13.7. The molecule has 2 aromatic carbocycles. The summed E-state index contributed by atoms with van der Waals surface area (Å²) < 4.78 is 41.1. The Bertz CT molecular complexity index is 1210. The second kappa shape index (κ2) is 6.96. The van der Waals surface area contributed by atoms with Crippen LogP contribution < -0.4 is 0 Å². The van der Waals surface area contributed by atoms with Crippen LogP contribution in [0.1, 0.15) is 0 Å². The minimum Gasteiger partial charge on any atom is -0.316 e. The summed E-state index contributed by atoms with van der Waals surface area (Å²) in [7, 11) is 1.77. The van der Waals surface area contributed by atoms with E-state index in [1.165, 1.54) is 24.3 Å². The molecule has 0 aliphatic carbocycles. The van der Waals surface area contributed by atoms with Crippen molar-refractivity contribution in [2.45, 2.75) is 10.4 Å². The fraction of sp³-hybridized carbons (Fsp3) is 0.105. The Morgan fingerprint density at radius 3 is 2.41 bits per heavy atom. The Morgan fingerprint density at radius 1 is 1.10 bits per heavy atom. The van der Waals surface area contributed by atoms with Gasteiger partial charge in [-0.05, 0) is 42.1 Å². The van der Waals surface area contributed by atoms with E-state index in [1.54, 1.807) is 53.1 Å². The second-order valence-electron chi connectivity index (χ2n) is 6.32. The summed E-state index contributed by atoms with van der Waals surface area (Å²) in [6.07, 6.45) is 5.25. The van der Waals surface area contributed by atoms with Gasteiger partial charge in [0.15, 0.2) is 0 Å². The Labute approximate surface area is 166 Å². The van der Waals surface area contributed by atoms with Gasteiger partial charge in [0, 0.05) is 58.7 Å². The van der Waals surface area contributed by atoms with Crippen LogP contribution in [0.3, 0.4) is 0 Å². The number of hydrogen-bond donors (Lipinski definition) is 0. The molecule has 6 nitrogen and oxygen atoms in total. The highest BCUT2D eigenvalue weighted by atomic mass is 32.2. The third-order valence-electron chi connectivity index (χ3n) is 4.36. The zero-order valence-electron chi connectivity index (χ0n) is 14.9. The fourth-order valence-corrected chi connectivity index (χ4v) is 3.68. The zero-order valence-corrected chi connectivity index (χ0v) is 15.7. The third-order valence-corrected chi connectivity index (χ3v) is 5.10. The van der Waals surface area contributed by atoms with Gasteiger partial charge in [-0.3, -0.25) is 14.8 Å². The predicted octanol–water partition coefficient (Wildman–Crippen LogP) is 5.55. The number of hydrogen-bond acceptors (Lipinski definition) is 4. The van der Waals surface area contributed by atoms with Crippen molar-refractivity contribution in [2.75, 3.05) is 0 Å². The van der Waals surface area contributed by atoms with Crippen molar-refractivity contribution >= 4 is 28.4 Å². The van der Waals surface area contributed by atoms with Crippen molar-refractivity contribution in [1.29, 1.82) is 0 Å². The molecule has 0 fully saturated rings. The van der Waals surface area contributed by atoms with Crippen LogP contribution in [-0.2, 0) is 7.05 Å². The van der Waals surface area contributed by atoms with Crippen LogP contribution in [-0.4, -0.2) is 24.8 Å². The number of non-ortho nitro benzene ring substituents is 1. The van der Waals surface area contributed by atoms with Crippen molar-refractivity contribution in [3.8, 4) is 16.8 Å². The number of aromatic nitrogens is 3. The highest BCUT2D eigenvalue weighted by Gasteiger charge is 2.29. The van der Waals surface area contributed by atoms with E-state index in [4.69, 9.17) is 0 Å². The SMILES string of the molecule is Cn1cc(-c2cn(-c3ccc(SC(F)(F)F)cc3)c3ccc([N+](=O)[O-])cc23)cn1. The summed E-state index contributed by atoms with van der Waals surface area (Å²) >= 11 is -0.177. The van der Waals surface area contributed by atoms with Crippen LogP contribution in [0.25, 0.3) is 27.7 Å². The summed E-state index contributed by atoms with van der Waals surface area (Å²) in [6.45, 7) is 0. The molecule has 2 aromatic heterocycles. The van der Waals surface area contributed by atoms with Crippen molar-refractivity contribution < 1.29 is 18.1 Å². The van der Waals surface area contributed by atoms with E-state index in [0.717, 1.165) is 11.1 Å². The molecule has 4 aromatic rings. The number of alkyl halides is 3. The third kappa shape index (κ3) is 3.83. The molecule has 10 heteroatoms. The predicted molar refractivity (Wildman–Crippen MR) is 104 cm³/mol. The maximum Gasteiger partial charge on any atom is 0.446 e. The van der Waals surface area contributed by atoms with Crippen molar-refractivity contribution in [3.63, 3.8) is 0 Å². The van der Waals surface area contributed by atoms with E-state index >= 15 is 0 Å². The summed E-state index contributed by atoms with van der Waals surface area (Å²) in [5, 5.41) is 16.0. The average molecular weight is 418 g/mol. The second-order valence-corrected chi connectivity index (χ2v) is 7.45. The van der Waals surface area contributed by atoms with E-state index in [1.807, 2.05) is 0 Å². The highest BCUT2D eigenvalue weighted by molar-refractivity contribution is 8.00. The van der Waals surface area contributed by atoms with Crippen LogP contribution in [0.15, 0.2) is 66.0 Å². The number of nitrogens with zero attached hydrogens (tertiary/aromatic N) is 4. The summed E-state index contributed by atoms with van der Waals surface area (Å²) in [6, 6.07) is 10.5. The van der Waals surface area contributed by atoms with Gasteiger partial charge >= 0.3 is 5.51 Å². The van der Waals surface area contributed by atoms with Gasteiger partial charge in [0.1, 0.15) is 0 Å². The average Bonchev–Trinajstić information content (AvgIpc) is 3.24. The smallest absolute Gasteiger partial charge is 0.316 e. The van der Waals surface area contributed by atoms with E-state index < -0.39 is 10.4 Å². The number of benzene rings is 2. The number of thioether (sulfide) groups is 1. The Hall–Kier alpha value is -3.27. The highest BCUT2D eigenvalue weighted by Crippen LogP contribution is 2.38. The van der Waals surface area contributed by atoms with Crippen molar-refractivity contribution in [1.82, 2.24) is 14.3 Å². The molecule has 4 rings (SSSR count). The fourth-order valence-electron chi connectivity index (χ4n) is 3.14. The number of nitro benzene ring substituents is 1. The van der Waals surface area contributed by atoms with Crippen LogP contribution in [0.4, 0.5) is 18.9 Å². The minimum atomic E-state index is -4.35. The monoisotopic (exact) mass is 418 g/mol. The quantitative estimate of drug-likeness (QED) is 0.248. The van der Waals surface area contributed by atoms with Crippen LogP contribution in [0, 0.1) is 10.1 Å². The van der Waals surface area contributed by atoms with Crippen LogP contribution in [0.5, 0.6) is 0 Å². The summed E-state index contributed by atoms with van der Waals surface area (Å²) in [5.74, 6) is 0. The first-order valence-electron chi connectivity index (χ1n) is 8.36. The molecule has 0 unspecified atom stereocenters. The lowest BCUT2D eigenvalue weighted by Crippen LogP contribution is -1.99. The maximum absolute atomic E-state index is 12.6. The molecule has 0 aliphatic heterocycles. The Balaban J connectivity index is 1.85. The van der Waals surface area contributed by atoms with Crippen LogP contribution >= 0.6 is 11.8 Å². The van der Waals surface area contributed by atoms with Gasteiger partial charge in [0.25, 0.3) is 5.69 Å². The molecule has 0 saturated carbocycles. The normalized spacial score (nSPS) is 11.9.